The number of benzene rings is 1. The molecule has 1 atom stereocenters. The number of nitrogens with zero attached hydrogens (tertiary/aromatic N) is 5. The number of carbonyl (C=O) groups excluding carboxylic acids is 1. The number of amides is 1. The normalized spacial score (nSPS) is 21.1. The minimum absolute atomic E-state index is 0.151. The van der Waals surface area contributed by atoms with Gasteiger partial charge in [0.1, 0.15) is 5.82 Å². The number of likely N-dealkylation sites (tertiary alicyclic amines) is 2. The molecule has 0 bridgehead atoms. The van der Waals surface area contributed by atoms with Crippen molar-refractivity contribution in [1.82, 2.24) is 29.7 Å². The summed E-state index contributed by atoms with van der Waals surface area (Å²) in [5, 5.41) is 0. The number of hydrogen-bond donors (Lipinski definition) is 1. The second-order valence-electron chi connectivity index (χ2n) is 11.4. The first-order chi connectivity index (χ1) is 18.1. The van der Waals surface area contributed by atoms with Gasteiger partial charge in [-0.05, 0) is 114 Å². The average molecular weight is 501 g/mol. The van der Waals surface area contributed by atoms with E-state index in [1.54, 1.807) is 0 Å². The van der Waals surface area contributed by atoms with E-state index in [4.69, 9.17) is 9.97 Å². The molecule has 0 saturated carbocycles. The average Bonchev–Trinajstić information content (AvgIpc) is 3.60. The first-order valence-corrected chi connectivity index (χ1v) is 14.3. The standard InChI is InChI=1S/C30H40N6O/c1-34(27-8-4-6-23-7-5-14-31-29(23)27)21-28-32-25-10-9-24(20-26(25)33-28)30(37)36-18-12-22(13-19-36)11-17-35-15-2-3-16-35/h5,7,9-10,14,20,22,27H,2-4,6,8,11-13,15-19,21H2,1H3,(H,32,33). The molecule has 37 heavy (non-hydrogen) atoms. The Morgan fingerprint density at radius 2 is 1.92 bits per heavy atom. The summed E-state index contributed by atoms with van der Waals surface area (Å²) in [6.07, 6.45) is 11.6. The number of aromatic amines is 1. The lowest BCUT2D eigenvalue weighted by Gasteiger charge is -2.32. The molecule has 0 spiro atoms. The van der Waals surface area contributed by atoms with Crippen molar-refractivity contribution in [1.29, 1.82) is 0 Å². The van der Waals surface area contributed by atoms with Crippen LogP contribution in [0.3, 0.4) is 0 Å². The summed E-state index contributed by atoms with van der Waals surface area (Å²) >= 11 is 0. The van der Waals surface area contributed by atoms with Crippen molar-refractivity contribution in [3.05, 3.63) is 59.2 Å². The number of nitrogens with one attached hydrogen (secondary N) is 1. The third-order valence-electron chi connectivity index (χ3n) is 8.83. The molecule has 1 unspecified atom stereocenters. The zero-order chi connectivity index (χ0) is 25.2. The fourth-order valence-electron chi connectivity index (χ4n) is 6.61. The number of fused-ring (bicyclic) bond motifs is 2. The minimum Gasteiger partial charge on any atom is -0.341 e. The van der Waals surface area contributed by atoms with Crippen LogP contribution in [0.1, 0.15) is 78.4 Å². The van der Waals surface area contributed by atoms with E-state index in [1.807, 2.05) is 35.4 Å². The highest BCUT2D eigenvalue weighted by Crippen LogP contribution is 2.32. The van der Waals surface area contributed by atoms with Crippen LogP contribution in [0.4, 0.5) is 0 Å². The van der Waals surface area contributed by atoms with E-state index in [-0.39, 0.29) is 5.91 Å². The Balaban J connectivity index is 1.07. The Labute approximate surface area is 220 Å². The summed E-state index contributed by atoms with van der Waals surface area (Å²) in [4.78, 5) is 33.3. The molecular formula is C30H40N6O. The molecule has 1 N–H and O–H groups in total. The molecule has 1 aromatic carbocycles. The van der Waals surface area contributed by atoms with Crippen LogP contribution in [0.2, 0.25) is 0 Å². The number of carbonyl (C=O) groups is 1. The van der Waals surface area contributed by atoms with E-state index in [1.165, 1.54) is 56.6 Å². The summed E-state index contributed by atoms with van der Waals surface area (Å²) in [5.41, 5.74) is 5.20. The van der Waals surface area contributed by atoms with Crippen molar-refractivity contribution in [2.24, 2.45) is 5.92 Å². The summed E-state index contributed by atoms with van der Waals surface area (Å²) in [5.74, 6) is 1.84. The van der Waals surface area contributed by atoms with Gasteiger partial charge in [-0.3, -0.25) is 14.7 Å². The topological polar surface area (TPSA) is 68.4 Å². The summed E-state index contributed by atoms with van der Waals surface area (Å²) < 4.78 is 0. The maximum atomic E-state index is 13.3. The summed E-state index contributed by atoms with van der Waals surface area (Å²) in [6.45, 7) is 6.25. The molecule has 0 radical (unpaired) electrons. The predicted octanol–water partition coefficient (Wildman–Crippen LogP) is 4.81. The van der Waals surface area contributed by atoms with Crippen LogP contribution in [-0.4, -0.2) is 75.3 Å². The summed E-state index contributed by atoms with van der Waals surface area (Å²) in [7, 11) is 2.16. The van der Waals surface area contributed by atoms with Crippen LogP contribution < -0.4 is 0 Å². The molecule has 1 aliphatic carbocycles. The van der Waals surface area contributed by atoms with Crippen molar-refractivity contribution in [3.8, 4) is 0 Å². The van der Waals surface area contributed by atoms with Crippen LogP contribution in [0.15, 0.2) is 36.5 Å². The molecule has 2 aromatic heterocycles. The Bertz CT molecular complexity index is 1220. The molecule has 7 heteroatoms. The van der Waals surface area contributed by atoms with Crippen molar-refractivity contribution >= 4 is 16.9 Å². The number of rotatable bonds is 7. The van der Waals surface area contributed by atoms with Gasteiger partial charge in [0.2, 0.25) is 0 Å². The van der Waals surface area contributed by atoms with Crippen LogP contribution in [0.25, 0.3) is 11.0 Å². The van der Waals surface area contributed by atoms with E-state index >= 15 is 0 Å². The molecule has 196 valence electrons. The Hall–Kier alpha value is -2.77. The van der Waals surface area contributed by atoms with Gasteiger partial charge >= 0.3 is 0 Å². The quantitative estimate of drug-likeness (QED) is 0.505. The number of hydrogen-bond acceptors (Lipinski definition) is 5. The highest BCUT2D eigenvalue weighted by Gasteiger charge is 2.27. The zero-order valence-electron chi connectivity index (χ0n) is 22.2. The fourth-order valence-corrected chi connectivity index (χ4v) is 6.61. The van der Waals surface area contributed by atoms with Gasteiger partial charge in [0.15, 0.2) is 0 Å². The van der Waals surface area contributed by atoms with Crippen LogP contribution in [-0.2, 0) is 13.0 Å². The SMILES string of the molecule is CN(Cc1nc2ccc(C(=O)N3CCC(CCN4CCCC4)CC3)cc2[nH]1)C1CCCc2cccnc21. The first kappa shape index (κ1) is 24.6. The molecule has 2 aliphatic heterocycles. The molecule has 2 saturated heterocycles. The van der Waals surface area contributed by atoms with E-state index in [0.717, 1.165) is 73.7 Å². The maximum absolute atomic E-state index is 13.3. The smallest absolute Gasteiger partial charge is 0.253 e. The first-order valence-electron chi connectivity index (χ1n) is 14.3. The largest absolute Gasteiger partial charge is 0.341 e. The van der Waals surface area contributed by atoms with Crippen LogP contribution in [0.5, 0.6) is 0 Å². The highest BCUT2D eigenvalue weighted by molar-refractivity contribution is 5.97. The van der Waals surface area contributed by atoms with Gasteiger partial charge in [-0.1, -0.05) is 6.07 Å². The predicted molar refractivity (Wildman–Crippen MR) is 146 cm³/mol. The second-order valence-corrected chi connectivity index (χ2v) is 11.4. The van der Waals surface area contributed by atoms with Gasteiger partial charge in [-0.25, -0.2) is 4.98 Å². The van der Waals surface area contributed by atoms with Gasteiger partial charge in [0, 0.05) is 24.8 Å². The van der Waals surface area contributed by atoms with E-state index in [9.17, 15) is 4.79 Å². The minimum atomic E-state index is 0.151. The molecule has 6 rings (SSSR count). The second kappa shape index (κ2) is 10.9. The number of piperidine rings is 1. The molecule has 2 fully saturated rings. The highest BCUT2D eigenvalue weighted by atomic mass is 16.2. The number of imidazole rings is 1. The molecule has 4 heterocycles. The van der Waals surface area contributed by atoms with Gasteiger partial charge in [-0.15, -0.1) is 0 Å². The monoisotopic (exact) mass is 500 g/mol. The lowest BCUT2D eigenvalue weighted by Crippen LogP contribution is -2.39. The number of H-pyrrole nitrogens is 1. The lowest BCUT2D eigenvalue weighted by molar-refractivity contribution is 0.0682. The fraction of sp³-hybridized carbons (Fsp3) is 0.567. The number of aromatic nitrogens is 3. The van der Waals surface area contributed by atoms with Crippen molar-refractivity contribution < 1.29 is 4.79 Å². The van der Waals surface area contributed by atoms with E-state index < -0.39 is 0 Å². The molecule has 3 aromatic rings. The zero-order valence-corrected chi connectivity index (χ0v) is 22.2. The third-order valence-corrected chi connectivity index (χ3v) is 8.83. The van der Waals surface area contributed by atoms with Gasteiger partial charge in [0.25, 0.3) is 5.91 Å². The Kier molecular flexibility index (Phi) is 7.25. The van der Waals surface area contributed by atoms with Crippen molar-refractivity contribution in [3.63, 3.8) is 0 Å². The van der Waals surface area contributed by atoms with Gasteiger partial charge in [-0.2, -0.15) is 0 Å². The Morgan fingerprint density at radius 1 is 1.08 bits per heavy atom. The maximum Gasteiger partial charge on any atom is 0.253 e. The van der Waals surface area contributed by atoms with Gasteiger partial charge in [0.05, 0.1) is 29.3 Å². The number of pyridine rings is 1. The molecular weight excluding hydrogens is 460 g/mol. The molecule has 1 amide bonds. The number of aryl methyl sites for hydroxylation is 1. The van der Waals surface area contributed by atoms with E-state index in [0.29, 0.717) is 6.04 Å². The molecule has 7 nitrogen and oxygen atoms in total. The van der Waals surface area contributed by atoms with E-state index in [2.05, 4.69) is 27.9 Å². The van der Waals surface area contributed by atoms with Crippen molar-refractivity contribution in [2.75, 3.05) is 39.8 Å². The lowest BCUT2D eigenvalue weighted by atomic mass is 9.91. The third kappa shape index (κ3) is 5.43. The van der Waals surface area contributed by atoms with Crippen LogP contribution >= 0.6 is 0 Å². The van der Waals surface area contributed by atoms with Crippen LogP contribution in [0, 0.1) is 5.92 Å². The molecule has 3 aliphatic rings. The van der Waals surface area contributed by atoms with Crippen molar-refractivity contribution in [2.45, 2.75) is 64.0 Å². The van der Waals surface area contributed by atoms with Gasteiger partial charge < -0.3 is 14.8 Å². The Morgan fingerprint density at radius 3 is 2.76 bits per heavy atom. The summed E-state index contributed by atoms with van der Waals surface area (Å²) in [6, 6.07) is 10.5.